The molecule has 1 saturated heterocycles. The van der Waals surface area contributed by atoms with E-state index >= 15 is 0 Å². The van der Waals surface area contributed by atoms with E-state index in [2.05, 4.69) is 10.6 Å². The Morgan fingerprint density at radius 2 is 1.77 bits per heavy atom. The van der Waals surface area contributed by atoms with Gasteiger partial charge in [0.15, 0.2) is 6.54 Å². The fourth-order valence-corrected chi connectivity index (χ4v) is 4.11. The zero-order chi connectivity index (χ0) is 19.3. The number of carbonyl (C=O) groups is 2. The molecule has 8 nitrogen and oxygen atoms in total. The molecule has 10 heteroatoms. The molecule has 144 valence electrons. The molecule has 0 radical (unpaired) electrons. The summed E-state index contributed by atoms with van der Waals surface area (Å²) < 4.78 is 39.4. The van der Waals surface area contributed by atoms with Gasteiger partial charge in [-0.3, -0.25) is 10.1 Å². The highest BCUT2D eigenvalue weighted by atomic mass is 32.2. The molecule has 1 aromatic carbocycles. The number of rotatable bonds is 5. The van der Waals surface area contributed by atoms with Crippen molar-refractivity contribution in [2.24, 2.45) is 0 Å². The van der Waals surface area contributed by atoms with E-state index in [0.29, 0.717) is 13.1 Å². The van der Waals surface area contributed by atoms with Crippen LogP contribution in [0.4, 0.5) is 9.18 Å². The van der Waals surface area contributed by atoms with Crippen molar-refractivity contribution in [1.82, 2.24) is 14.9 Å². The van der Waals surface area contributed by atoms with E-state index in [9.17, 15) is 22.4 Å². The number of halogens is 1. The minimum atomic E-state index is -3.67. The molecule has 0 atom stereocenters. The van der Waals surface area contributed by atoms with Crippen molar-refractivity contribution in [3.8, 4) is 0 Å². The highest BCUT2D eigenvalue weighted by Crippen LogP contribution is 2.15. The van der Waals surface area contributed by atoms with E-state index in [1.165, 1.54) is 16.4 Å². The number of nitrogens with zero attached hydrogens (tertiary/aromatic N) is 1. The van der Waals surface area contributed by atoms with Crippen LogP contribution in [0.2, 0.25) is 0 Å². The molecule has 1 heterocycles. The van der Waals surface area contributed by atoms with Crippen LogP contribution in [0.25, 0.3) is 0 Å². The van der Waals surface area contributed by atoms with Gasteiger partial charge < -0.3 is 10.2 Å². The minimum absolute atomic E-state index is 0.0467. The van der Waals surface area contributed by atoms with Gasteiger partial charge >= 0.3 is 6.03 Å². The first kappa shape index (κ1) is 20.3. The van der Waals surface area contributed by atoms with E-state index in [-0.39, 0.29) is 30.6 Å². The Balaban J connectivity index is 1.86. The molecule has 0 bridgehead atoms. The van der Waals surface area contributed by atoms with Gasteiger partial charge in [-0.2, -0.15) is 4.31 Å². The molecule has 0 aliphatic carbocycles. The van der Waals surface area contributed by atoms with E-state index in [1.807, 2.05) is 0 Å². The molecule has 1 aliphatic heterocycles. The lowest BCUT2D eigenvalue weighted by atomic mass is 10.3. The van der Waals surface area contributed by atoms with Crippen LogP contribution < -0.4 is 15.5 Å². The standard InChI is InChI=1S/C16H23FN4O4S/c1-12(2)18-16(23)19-15(22)11-20-7-9-21(10-8-20)26(24,25)14-5-3-13(17)4-6-14/h3-6,12H,7-11H2,1-2H3,(H2,18,19,22,23)/p+1. The third-order valence-electron chi connectivity index (χ3n) is 3.96. The second-order valence-electron chi connectivity index (χ2n) is 6.46. The Hall–Kier alpha value is -2.04. The second kappa shape index (κ2) is 8.56. The smallest absolute Gasteiger partial charge is 0.321 e. The molecule has 0 saturated carbocycles. The summed E-state index contributed by atoms with van der Waals surface area (Å²) in [5, 5.41) is 4.82. The number of amides is 3. The molecule has 2 rings (SSSR count). The summed E-state index contributed by atoms with van der Waals surface area (Å²) in [6.07, 6.45) is 0. The van der Waals surface area contributed by atoms with Crippen molar-refractivity contribution in [3.63, 3.8) is 0 Å². The van der Waals surface area contributed by atoms with Gasteiger partial charge in [0.2, 0.25) is 10.0 Å². The average Bonchev–Trinajstić information content (AvgIpc) is 2.54. The molecule has 1 fully saturated rings. The Morgan fingerprint density at radius 1 is 1.19 bits per heavy atom. The zero-order valence-corrected chi connectivity index (χ0v) is 15.6. The van der Waals surface area contributed by atoms with Crippen molar-refractivity contribution >= 4 is 22.0 Å². The number of imide groups is 1. The Morgan fingerprint density at radius 3 is 2.31 bits per heavy atom. The largest absolute Gasteiger partial charge is 0.336 e. The average molecular weight is 387 g/mol. The third kappa shape index (κ3) is 5.48. The van der Waals surface area contributed by atoms with E-state index < -0.39 is 27.8 Å². The number of benzene rings is 1. The fraction of sp³-hybridized carbons (Fsp3) is 0.500. The van der Waals surface area contributed by atoms with Crippen LogP contribution >= 0.6 is 0 Å². The maximum atomic E-state index is 13.0. The van der Waals surface area contributed by atoms with Crippen molar-refractivity contribution in [2.75, 3.05) is 32.7 Å². The fourth-order valence-electron chi connectivity index (χ4n) is 2.67. The number of urea groups is 1. The second-order valence-corrected chi connectivity index (χ2v) is 8.40. The molecule has 0 unspecified atom stereocenters. The summed E-state index contributed by atoms with van der Waals surface area (Å²) in [5.41, 5.74) is 0. The van der Waals surface area contributed by atoms with Gasteiger partial charge in [-0.05, 0) is 38.1 Å². The van der Waals surface area contributed by atoms with Gasteiger partial charge in [-0.25, -0.2) is 17.6 Å². The first-order valence-corrected chi connectivity index (χ1v) is 9.82. The van der Waals surface area contributed by atoms with Gasteiger partial charge in [0.05, 0.1) is 31.1 Å². The van der Waals surface area contributed by atoms with Crippen LogP contribution in [0.5, 0.6) is 0 Å². The van der Waals surface area contributed by atoms with E-state index in [0.717, 1.165) is 17.0 Å². The van der Waals surface area contributed by atoms with Crippen LogP contribution in [0, 0.1) is 5.82 Å². The van der Waals surface area contributed by atoms with Crippen LogP contribution in [0.15, 0.2) is 29.2 Å². The molecular weight excluding hydrogens is 363 g/mol. The topological polar surface area (TPSA) is 100 Å². The molecule has 3 N–H and O–H groups in total. The summed E-state index contributed by atoms with van der Waals surface area (Å²) in [7, 11) is -3.67. The third-order valence-corrected chi connectivity index (χ3v) is 5.88. The number of hydrogen-bond acceptors (Lipinski definition) is 4. The Bertz CT molecular complexity index is 744. The first-order valence-electron chi connectivity index (χ1n) is 8.38. The summed E-state index contributed by atoms with van der Waals surface area (Å²) in [4.78, 5) is 24.3. The van der Waals surface area contributed by atoms with E-state index in [4.69, 9.17) is 0 Å². The number of nitrogens with one attached hydrogen (secondary N) is 3. The van der Waals surface area contributed by atoms with E-state index in [1.54, 1.807) is 13.8 Å². The Labute approximate surface area is 152 Å². The maximum Gasteiger partial charge on any atom is 0.321 e. The number of piperazine rings is 1. The van der Waals surface area contributed by atoms with Gasteiger partial charge in [-0.15, -0.1) is 0 Å². The predicted molar refractivity (Wildman–Crippen MR) is 92.5 cm³/mol. The molecule has 1 aromatic rings. The van der Waals surface area contributed by atoms with Crippen LogP contribution in [0.3, 0.4) is 0 Å². The SMILES string of the molecule is CC(C)NC(=O)NC(=O)C[NH+]1CCN(S(=O)(=O)c2ccc(F)cc2)CC1. The van der Waals surface area contributed by atoms with Crippen molar-refractivity contribution < 1.29 is 27.3 Å². The lowest BCUT2D eigenvalue weighted by molar-refractivity contribution is -0.895. The monoisotopic (exact) mass is 387 g/mol. The molecule has 26 heavy (non-hydrogen) atoms. The minimum Gasteiger partial charge on any atom is -0.336 e. The van der Waals surface area contributed by atoms with Crippen molar-refractivity contribution in [1.29, 1.82) is 0 Å². The van der Waals surface area contributed by atoms with Gasteiger partial charge in [0.1, 0.15) is 5.82 Å². The number of sulfonamides is 1. The van der Waals surface area contributed by atoms with Crippen molar-refractivity contribution in [3.05, 3.63) is 30.1 Å². The van der Waals surface area contributed by atoms with Crippen LogP contribution in [0.1, 0.15) is 13.8 Å². The predicted octanol–water partition coefficient (Wildman–Crippen LogP) is -1.05. The molecule has 0 aromatic heterocycles. The molecule has 1 aliphatic rings. The summed E-state index contributed by atoms with van der Waals surface area (Å²) >= 11 is 0. The van der Waals surface area contributed by atoms with Gasteiger partial charge in [0.25, 0.3) is 5.91 Å². The molecule has 0 spiro atoms. The lowest BCUT2D eigenvalue weighted by Gasteiger charge is -2.31. The highest BCUT2D eigenvalue weighted by molar-refractivity contribution is 7.89. The lowest BCUT2D eigenvalue weighted by Crippen LogP contribution is -3.15. The highest BCUT2D eigenvalue weighted by Gasteiger charge is 2.31. The summed E-state index contributed by atoms with van der Waals surface area (Å²) in [5.74, 6) is -0.904. The summed E-state index contributed by atoms with van der Waals surface area (Å²) in [6, 6.07) is 4.09. The molecule has 3 amide bonds. The van der Waals surface area contributed by atoms with Gasteiger partial charge in [-0.1, -0.05) is 0 Å². The van der Waals surface area contributed by atoms with Gasteiger partial charge in [0, 0.05) is 6.04 Å². The van der Waals surface area contributed by atoms with Crippen molar-refractivity contribution in [2.45, 2.75) is 24.8 Å². The quantitative estimate of drug-likeness (QED) is 0.600. The zero-order valence-electron chi connectivity index (χ0n) is 14.8. The number of quaternary nitrogens is 1. The maximum absolute atomic E-state index is 13.0. The Kier molecular flexibility index (Phi) is 6.68. The molecular formula is C16H24FN4O4S+. The first-order chi connectivity index (χ1) is 12.2. The van der Waals surface area contributed by atoms with Crippen LogP contribution in [-0.4, -0.2) is 63.4 Å². The number of hydrogen-bond donors (Lipinski definition) is 3. The number of carbonyl (C=O) groups excluding carboxylic acids is 2. The summed E-state index contributed by atoms with van der Waals surface area (Å²) in [6.45, 7) is 5.06. The van der Waals surface area contributed by atoms with Crippen LogP contribution in [-0.2, 0) is 14.8 Å². The normalized spacial score (nSPS) is 16.5.